The van der Waals surface area contributed by atoms with Crippen molar-refractivity contribution in [2.24, 2.45) is 0 Å². The summed E-state index contributed by atoms with van der Waals surface area (Å²) in [6, 6.07) is 4.94. The molecule has 1 aromatic carbocycles. The first-order valence-corrected chi connectivity index (χ1v) is 4.94. The quantitative estimate of drug-likeness (QED) is 0.871. The molecule has 0 saturated heterocycles. The molecule has 0 amide bonds. The van der Waals surface area contributed by atoms with Crippen LogP contribution < -0.4 is 4.74 Å². The van der Waals surface area contributed by atoms with Gasteiger partial charge >= 0.3 is 0 Å². The van der Waals surface area contributed by atoms with E-state index in [2.05, 4.69) is 0 Å². The van der Waals surface area contributed by atoms with Gasteiger partial charge < -0.3 is 9.84 Å². The van der Waals surface area contributed by atoms with Gasteiger partial charge in [0.15, 0.2) is 0 Å². The summed E-state index contributed by atoms with van der Waals surface area (Å²) >= 11 is 11.6. The molecule has 1 N–H and O–H groups in total. The van der Waals surface area contributed by atoms with E-state index >= 15 is 0 Å². The van der Waals surface area contributed by atoms with Crippen molar-refractivity contribution in [1.82, 2.24) is 0 Å². The van der Waals surface area contributed by atoms with E-state index in [4.69, 9.17) is 33.0 Å². The van der Waals surface area contributed by atoms with E-state index in [1.807, 2.05) is 0 Å². The molecule has 0 spiro atoms. The van der Waals surface area contributed by atoms with Crippen LogP contribution in [-0.4, -0.2) is 17.3 Å². The summed E-state index contributed by atoms with van der Waals surface area (Å²) in [6.07, 6.45) is 0. The Morgan fingerprint density at radius 1 is 1.21 bits per heavy atom. The largest absolute Gasteiger partial charge is 0.485 e. The highest BCUT2D eigenvalue weighted by Gasteiger charge is 2.18. The second-order valence-corrected chi connectivity index (χ2v) is 4.50. The Bertz CT molecular complexity index is 304. The lowest BCUT2D eigenvalue weighted by atomic mass is 10.1. The van der Waals surface area contributed by atoms with Crippen LogP contribution in [0.25, 0.3) is 0 Å². The smallest absolute Gasteiger partial charge is 0.126 e. The van der Waals surface area contributed by atoms with Crippen LogP contribution >= 0.6 is 23.2 Å². The zero-order valence-corrected chi connectivity index (χ0v) is 9.56. The van der Waals surface area contributed by atoms with Crippen molar-refractivity contribution < 1.29 is 9.84 Å². The maximum absolute atomic E-state index is 9.00. The Kier molecular flexibility index (Phi) is 3.65. The van der Waals surface area contributed by atoms with Crippen molar-refractivity contribution in [2.75, 3.05) is 6.61 Å². The molecule has 0 atom stereocenters. The first kappa shape index (κ1) is 11.6. The molecule has 0 radical (unpaired) electrons. The predicted octanol–water partition coefficient (Wildman–Crippen LogP) is 3.14. The number of hydrogen-bond donors (Lipinski definition) is 1. The lowest BCUT2D eigenvalue weighted by molar-refractivity contribution is 0.0413. The first-order chi connectivity index (χ1) is 6.43. The first-order valence-electron chi connectivity index (χ1n) is 4.19. The van der Waals surface area contributed by atoms with Crippen LogP contribution in [-0.2, 0) is 0 Å². The number of halogens is 2. The van der Waals surface area contributed by atoms with Gasteiger partial charge in [0.05, 0.1) is 6.61 Å². The molecule has 0 fully saturated rings. The van der Waals surface area contributed by atoms with E-state index in [1.165, 1.54) is 0 Å². The van der Waals surface area contributed by atoms with E-state index < -0.39 is 5.60 Å². The number of hydrogen-bond acceptors (Lipinski definition) is 2. The molecular weight excluding hydrogens is 223 g/mol. The minimum Gasteiger partial charge on any atom is -0.485 e. The van der Waals surface area contributed by atoms with Crippen LogP contribution in [0.5, 0.6) is 5.75 Å². The second-order valence-electron chi connectivity index (χ2n) is 3.63. The number of aliphatic hydroxyl groups is 1. The third-order valence-corrected chi connectivity index (χ3v) is 2.05. The molecule has 0 saturated carbocycles. The van der Waals surface area contributed by atoms with Crippen LogP contribution in [0.1, 0.15) is 13.8 Å². The lowest BCUT2D eigenvalue weighted by Crippen LogP contribution is -2.32. The van der Waals surface area contributed by atoms with Gasteiger partial charge in [-0.2, -0.15) is 0 Å². The molecule has 14 heavy (non-hydrogen) atoms. The molecule has 78 valence electrons. The summed E-state index contributed by atoms with van der Waals surface area (Å²) in [6.45, 7) is 3.49. The van der Waals surface area contributed by atoms with Gasteiger partial charge in [-0.3, -0.25) is 0 Å². The Hall–Kier alpha value is -0.440. The van der Waals surface area contributed by atoms with Crippen molar-refractivity contribution in [3.8, 4) is 5.75 Å². The number of rotatable bonds is 3. The highest BCUT2D eigenvalue weighted by molar-refractivity contribution is 6.34. The zero-order chi connectivity index (χ0) is 10.8. The molecule has 0 aliphatic heterocycles. The van der Waals surface area contributed by atoms with Gasteiger partial charge in [0.25, 0.3) is 0 Å². The molecule has 0 bridgehead atoms. The summed E-state index contributed by atoms with van der Waals surface area (Å²) in [5, 5.41) is 10.0. The van der Waals surface area contributed by atoms with Crippen molar-refractivity contribution in [2.45, 2.75) is 19.4 Å². The van der Waals surface area contributed by atoms with Gasteiger partial charge in [-0.05, 0) is 32.0 Å². The average molecular weight is 235 g/mol. The highest BCUT2D eigenvalue weighted by Crippen LogP contribution is 2.26. The normalized spacial score (nSPS) is 11.5. The Morgan fingerprint density at radius 3 is 2.14 bits per heavy atom. The highest BCUT2D eigenvalue weighted by atomic mass is 35.5. The van der Waals surface area contributed by atoms with Gasteiger partial charge in [0.1, 0.15) is 11.4 Å². The summed E-state index contributed by atoms with van der Waals surface area (Å²) in [7, 11) is 0. The molecule has 1 aromatic rings. The Balaban J connectivity index is 2.87. The predicted molar refractivity (Wildman–Crippen MR) is 58.3 cm³/mol. The molecule has 0 unspecified atom stereocenters. The third kappa shape index (κ3) is 3.37. The van der Waals surface area contributed by atoms with E-state index in [-0.39, 0.29) is 6.61 Å². The number of benzene rings is 1. The SMILES string of the molecule is CC(C)(CO)Oc1cc(Cl)cc(Cl)c1. The summed E-state index contributed by atoms with van der Waals surface area (Å²) in [4.78, 5) is 0. The average Bonchev–Trinajstić information content (AvgIpc) is 2.01. The lowest BCUT2D eigenvalue weighted by Gasteiger charge is -2.24. The topological polar surface area (TPSA) is 29.5 Å². The molecule has 4 heteroatoms. The Morgan fingerprint density at radius 2 is 1.71 bits per heavy atom. The van der Waals surface area contributed by atoms with Crippen molar-refractivity contribution in [1.29, 1.82) is 0 Å². The van der Waals surface area contributed by atoms with Gasteiger partial charge in [0, 0.05) is 10.0 Å². The van der Waals surface area contributed by atoms with Crippen molar-refractivity contribution in [3.05, 3.63) is 28.2 Å². The summed E-state index contributed by atoms with van der Waals surface area (Å²) < 4.78 is 5.49. The second kappa shape index (κ2) is 4.39. The molecule has 1 rings (SSSR count). The standard InChI is InChI=1S/C10H12Cl2O2/c1-10(2,6-13)14-9-4-7(11)3-8(12)5-9/h3-5,13H,6H2,1-2H3. The summed E-state index contributed by atoms with van der Waals surface area (Å²) in [5.74, 6) is 0.557. The molecule has 0 aliphatic rings. The van der Waals surface area contributed by atoms with Crippen LogP contribution in [0.2, 0.25) is 10.0 Å². The van der Waals surface area contributed by atoms with Gasteiger partial charge in [-0.1, -0.05) is 23.2 Å². The van der Waals surface area contributed by atoms with Crippen LogP contribution in [0.15, 0.2) is 18.2 Å². The monoisotopic (exact) mass is 234 g/mol. The fourth-order valence-electron chi connectivity index (χ4n) is 0.939. The molecule has 0 aliphatic carbocycles. The van der Waals surface area contributed by atoms with E-state index in [0.717, 1.165) is 0 Å². The fourth-order valence-corrected chi connectivity index (χ4v) is 1.44. The van der Waals surface area contributed by atoms with E-state index in [1.54, 1.807) is 32.0 Å². The maximum Gasteiger partial charge on any atom is 0.126 e. The Labute approximate surface area is 93.4 Å². The van der Waals surface area contributed by atoms with Crippen LogP contribution in [0.4, 0.5) is 0 Å². The van der Waals surface area contributed by atoms with E-state index in [9.17, 15) is 0 Å². The van der Waals surface area contributed by atoms with Crippen LogP contribution in [0.3, 0.4) is 0 Å². The van der Waals surface area contributed by atoms with Gasteiger partial charge in [0.2, 0.25) is 0 Å². The fraction of sp³-hybridized carbons (Fsp3) is 0.400. The summed E-state index contributed by atoms with van der Waals surface area (Å²) in [5.41, 5.74) is -0.631. The number of ether oxygens (including phenoxy) is 1. The zero-order valence-electron chi connectivity index (χ0n) is 8.05. The minimum absolute atomic E-state index is 0.0723. The van der Waals surface area contributed by atoms with Gasteiger partial charge in [-0.15, -0.1) is 0 Å². The van der Waals surface area contributed by atoms with Crippen molar-refractivity contribution in [3.63, 3.8) is 0 Å². The van der Waals surface area contributed by atoms with Crippen LogP contribution in [0, 0.1) is 0 Å². The molecular formula is C10H12Cl2O2. The van der Waals surface area contributed by atoms with Gasteiger partial charge in [-0.25, -0.2) is 0 Å². The maximum atomic E-state index is 9.00. The van der Waals surface area contributed by atoms with Crippen molar-refractivity contribution >= 4 is 23.2 Å². The molecule has 2 nitrogen and oxygen atoms in total. The molecule has 0 aromatic heterocycles. The van der Waals surface area contributed by atoms with E-state index in [0.29, 0.717) is 15.8 Å². The number of aliphatic hydroxyl groups excluding tert-OH is 1. The molecule has 0 heterocycles. The third-order valence-electron chi connectivity index (χ3n) is 1.61. The minimum atomic E-state index is -0.631.